The van der Waals surface area contributed by atoms with Gasteiger partial charge in [-0.1, -0.05) is 65.7 Å². The average Bonchev–Trinajstić information content (AvgIpc) is 3.50. The van der Waals surface area contributed by atoms with Crippen molar-refractivity contribution in [1.29, 1.82) is 0 Å². The Morgan fingerprint density at radius 2 is 1.57 bits per heavy atom. The summed E-state index contributed by atoms with van der Waals surface area (Å²) in [6.45, 7) is 0. The van der Waals surface area contributed by atoms with E-state index in [-0.39, 0.29) is 29.7 Å². The second-order valence-electron chi connectivity index (χ2n) is 13.4. The summed E-state index contributed by atoms with van der Waals surface area (Å²) >= 11 is 6.32. The first-order chi connectivity index (χ1) is 24.5. The molecule has 13 heteroatoms. The van der Waals surface area contributed by atoms with Crippen molar-refractivity contribution in [2.24, 2.45) is 23.7 Å². The van der Waals surface area contributed by atoms with Crippen molar-refractivity contribution in [1.82, 2.24) is 5.01 Å². The first-order valence-electron chi connectivity index (χ1n) is 16.5. The molecule has 4 aromatic rings. The molecule has 1 saturated carbocycles. The Hall–Kier alpha value is -5.30. The minimum atomic E-state index is -1.82. The molecule has 6 unspecified atom stereocenters. The van der Waals surface area contributed by atoms with E-state index in [0.29, 0.717) is 27.4 Å². The van der Waals surface area contributed by atoms with Gasteiger partial charge in [0.15, 0.2) is 0 Å². The fourth-order valence-electron chi connectivity index (χ4n) is 8.81. The van der Waals surface area contributed by atoms with Crippen LogP contribution in [-0.4, -0.2) is 50.9 Å². The van der Waals surface area contributed by atoms with Crippen molar-refractivity contribution in [3.8, 4) is 5.75 Å². The number of para-hydroxylation sites is 1. The van der Waals surface area contributed by atoms with Gasteiger partial charge in [-0.25, -0.2) is 4.39 Å². The first-order valence-corrected chi connectivity index (χ1v) is 16.9. The molecular weight excluding hydrogens is 676 g/mol. The zero-order chi connectivity index (χ0) is 35.8. The van der Waals surface area contributed by atoms with Crippen LogP contribution in [0.3, 0.4) is 0 Å². The normalized spacial score (nSPS) is 26.8. The number of carbonyl (C=O) groups is 4. The number of phenolic OH excluding ortho intramolecular Hbond substituents is 1. The highest BCUT2D eigenvalue weighted by molar-refractivity contribution is 6.58. The number of nitrogens with one attached hydrogen (secondary N) is 1. The summed E-state index contributed by atoms with van der Waals surface area (Å²) in [5.74, 6) is -7.15. The van der Waals surface area contributed by atoms with E-state index in [1.807, 2.05) is 6.08 Å². The molecule has 2 heterocycles. The number of rotatable bonds is 6. The van der Waals surface area contributed by atoms with E-state index < -0.39 is 71.6 Å². The number of phenols is 1. The Morgan fingerprint density at radius 3 is 2.27 bits per heavy atom. The molecule has 3 fully saturated rings. The van der Waals surface area contributed by atoms with E-state index >= 15 is 4.79 Å². The number of halogens is 2. The molecule has 6 atom stereocenters. The SMILES string of the molecule is O=C1C2CC3C(=CCC4C(=O)N(c5cccc(B(O)O)c5)C(=O)C43)C(c3ccccc3O)C2(c2ccc(Cl)cc2)C(=O)N1Nc1ccc(F)cc1. The molecule has 2 aliphatic heterocycles. The van der Waals surface area contributed by atoms with Crippen LogP contribution in [0.5, 0.6) is 5.75 Å². The van der Waals surface area contributed by atoms with Gasteiger partial charge in [-0.3, -0.25) is 29.5 Å². The predicted molar refractivity (Wildman–Crippen MR) is 186 cm³/mol. The highest BCUT2D eigenvalue weighted by Gasteiger charge is 2.70. The van der Waals surface area contributed by atoms with Crippen LogP contribution >= 0.6 is 11.6 Å². The molecule has 2 aliphatic carbocycles. The van der Waals surface area contributed by atoms with E-state index in [0.717, 1.165) is 9.91 Å². The summed E-state index contributed by atoms with van der Waals surface area (Å²) in [4.78, 5) is 59.3. The van der Waals surface area contributed by atoms with Gasteiger partial charge in [0.2, 0.25) is 11.8 Å². The number of amides is 4. The van der Waals surface area contributed by atoms with Crippen molar-refractivity contribution in [3.05, 3.63) is 131 Å². The molecular formula is C38H30BClFN3O7. The molecule has 10 nitrogen and oxygen atoms in total. The van der Waals surface area contributed by atoms with Gasteiger partial charge in [-0.15, -0.1) is 0 Å². The molecule has 4 N–H and O–H groups in total. The fourth-order valence-corrected chi connectivity index (χ4v) is 8.94. The Morgan fingerprint density at radius 1 is 0.843 bits per heavy atom. The third kappa shape index (κ3) is 4.92. The predicted octanol–water partition coefficient (Wildman–Crippen LogP) is 4.05. The monoisotopic (exact) mass is 705 g/mol. The largest absolute Gasteiger partial charge is 0.508 e. The van der Waals surface area contributed by atoms with Crippen LogP contribution in [0.2, 0.25) is 5.02 Å². The number of hydrazine groups is 1. The fraction of sp³-hybridized carbons (Fsp3) is 0.211. The summed E-state index contributed by atoms with van der Waals surface area (Å²) in [5, 5.41) is 32.3. The number of hydrogen-bond donors (Lipinski definition) is 4. The van der Waals surface area contributed by atoms with Gasteiger partial charge < -0.3 is 15.2 Å². The van der Waals surface area contributed by atoms with Gasteiger partial charge >= 0.3 is 7.12 Å². The maximum absolute atomic E-state index is 15.1. The molecule has 0 aromatic heterocycles. The number of hydrogen-bond acceptors (Lipinski definition) is 8. The summed E-state index contributed by atoms with van der Waals surface area (Å²) in [6, 6.07) is 24.3. The lowest BCUT2D eigenvalue weighted by Crippen LogP contribution is -2.53. The van der Waals surface area contributed by atoms with E-state index in [1.54, 1.807) is 48.5 Å². The van der Waals surface area contributed by atoms with Gasteiger partial charge in [-0.05, 0) is 84.4 Å². The third-order valence-corrected chi connectivity index (χ3v) is 11.2. The van der Waals surface area contributed by atoms with E-state index in [1.165, 1.54) is 48.5 Å². The topological polar surface area (TPSA) is 147 Å². The van der Waals surface area contributed by atoms with E-state index in [2.05, 4.69) is 5.43 Å². The van der Waals surface area contributed by atoms with Crippen molar-refractivity contribution in [3.63, 3.8) is 0 Å². The molecule has 4 amide bonds. The number of nitrogens with zero attached hydrogens (tertiary/aromatic N) is 2. The number of fused-ring (bicyclic) bond motifs is 4. The number of imide groups is 2. The van der Waals surface area contributed by atoms with Crippen LogP contribution in [0.15, 0.2) is 109 Å². The van der Waals surface area contributed by atoms with Crippen LogP contribution in [0, 0.1) is 29.5 Å². The third-order valence-electron chi connectivity index (χ3n) is 10.9. The number of aromatic hydroxyl groups is 1. The average molecular weight is 706 g/mol. The molecule has 0 spiro atoms. The number of allylic oxidation sites excluding steroid dienone is 2. The lowest BCUT2D eigenvalue weighted by atomic mass is 9.49. The molecule has 256 valence electrons. The summed E-state index contributed by atoms with van der Waals surface area (Å²) in [5.41, 5.74) is 3.35. The van der Waals surface area contributed by atoms with Crippen LogP contribution in [-0.2, 0) is 24.6 Å². The van der Waals surface area contributed by atoms with E-state index in [4.69, 9.17) is 11.6 Å². The lowest BCUT2D eigenvalue weighted by molar-refractivity contribution is -0.138. The van der Waals surface area contributed by atoms with Gasteiger partial charge in [0, 0.05) is 16.5 Å². The van der Waals surface area contributed by atoms with Crippen molar-refractivity contribution >= 4 is 59.2 Å². The van der Waals surface area contributed by atoms with Gasteiger partial charge in [0.25, 0.3) is 11.8 Å². The molecule has 2 saturated heterocycles. The smallest absolute Gasteiger partial charge is 0.488 e. The maximum atomic E-state index is 15.1. The summed E-state index contributed by atoms with van der Waals surface area (Å²) in [6.07, 6.45) is 2.05. The van der Waals surface area contributed by atoms with E-state index in [9.17, 15) is 33.9 Å². The minimum Gasteiger partial charge on any atom is -0.508 e. The second-order valence-corrected chi connectivity index (χ2v) is 13.8. The first kappa shape index (κ1) is 32.9. The minimum absolute atomic E-state index is 0.0220. The zero-order valence-electron chi connectivity index (χ0n) is 26.8. The Balaban J connectivity index is 1.31. The number of carbonyl (C=O) groups excluding carboxylic acids is 4. The highest BCUT2D eigenvalue weighted by Crippen LogP contribution is 2.65. The molecule has 51 heavy (non-hydrogen) atoms. The molecule has 4 aromatic carbocycles. The second kappa shape index (κ2) is 12.2. The highest BCUT2D eigenvalue weighted by atomic mass is 35.5. The van der Waals surface area contributed by atoms with Crippen LogP contribution < -0.4 is 15.8 Å². The van der Waals surface area contributed by atoms with Crippen LogP contribution in [0.1, 0.15) is 29.9 Å². The Kier molecular flexibility index (Phi) is 7.86. The standard InChI is InChI=1S/C38H30BClFN3O7/c40-22-10-8-20(9-11-22)38-30(35(47)44(37(38)49)42-24-14-12-23(41)13-15-24)19-29-26(33(38)27-6-1-2-7-31(27)45)16-17-28-32(29)36(48)43(34(28)46)25-5-3-4-21(18-25)39(50)51/h1-16,18,28-30,32-33,42,45,50-51H,17,19H2. The maximum Gasteiger partial charge on any atom is 0.488 e. The van der Waals surface area contributed by atoms with Crippen molar-refractivity contribution in [2.75, 3.05) is 10.3 Å². The lowest BCUT2D eigenvalue weighted by Gasteiger charge is -2.50. The van der Waals surface area contributed by atoms with Gasteiger partial charge in [-0.2, -0.15) is 5.01 Å². The van der Waals surface area contributed by atoms with Crippen molar-refractivity contribution in [2.45, 2.75) is 24.2 Å². The summed E-state index contributed by atoms with van der Waals surface area (Å²) < 4.78 is 13.8. The summed E-state index contributed by atoms with van der Waals surface area (Å²) in [7, 11) is -1.82. The number of anilines is 2. The van der Waals surface area contributed by atoms with Crippen LogP contribution in [0.4, 0.5) is 15.8 Å². The quantitative estimate of drug-likeness (QED) is 0.134. The Labute approximate surface area is 296 Å². The molecule has 0 bridgehead atoms. The van der Waals surface area contributed by atoms with Gasteiger partial charge in [0.1, 0.15) is 11.6 Å². The molecule has 8 rings (SSSR count). The Bertz CT molecular complexity index is 2150. The number of benzene rings is 4. The molecule has 4 aliphatic rings. The van der Waals surface area contributed by atoms with Crippen molar-refractivity contribution < 1.29 is 38.7 Å². The van der Waals surface area contributed by atoms with Gasteiger partial charge in [0.05, 0.1) is 34.5 Å². The van der Waals surface area contributed by atoms with Crippen LogP contribution in [0.25, 0.3) is 0 Å². The molecule has 0 radical (unpaired) electrons. The zero-order valence-corrected chi connectivity index (χ0v) is 27.6.